The molecule has 4 rings (SSSR count). The van der Waals surface area contributed by atoms with Crippen LogP contribution in [0.15, 0.2) is 40.6 Å². The lowest BCUT2D eigenvalue weighted by molar-refractivity contribution is -0.129. The molecule has 29 heavy (non-hydrogen) atoms. The molecule has 0 unspecified atom stereocenters. The second-order valence-corrected chi connectivity index (χ2v) is 9.94. The van der Waals surface area contributed by atoms with Crippen molar-refractivity contribution in [1.82, 2.24) is 9.80 Å². The lowest BCUT2D eigenvalue weighted by Gasteiger charge is -2.31. The summed E-state index contributed by atoms with van der Waals surface area (Å²) in [6.45, 7) is 1.44. The number of benzene rings is 1. The molecule has 4 nitrogen and oxygen atoms in total. The van der Waals surface area contributed by atoms with Crippen LogP contribution in [0.3, 0.4) is 0 Å². The minimum Gasteiger partial charge on any atom is -0.342 e. The number of fused-ring (bicyclic) bond motifs is 1. The molecule has 2 amide bonds. The van der Waals surface area contributed by atoms with E-state index in [1.54, 1.807) is 11.3 Å². The molecule has 0 bridgehead atoms. The largest absolute Gasteiger partial charge is 0.342 e. The van der Waals surface area contributed by atoms with Gasteiger partial charge in [-0.25, -0.2) is 0 Å². The van der Waals surface area contributed by atoms with Crippen LogP contribution in [0.2, 0.25) is 0 Å². The van der Waals surface area contributed by atoms with Crippen molar-refractivity contribution in [1.29, 1.82) is 0 Å². The van der Waals surface area contributed by atoms with Crippen LogP contribution in [0, 0.1) is 0 Å². The molecule has 0 radical (unpaired) electrons. The van der Waals surface area contributed by atoms with Gasteiger partial charge in [0, 0.05) is 36.0 Å². The maximum atomic E-state index is 13.2. The summed E-state index contributed by atoms with van der Waals surface area (Å²) in [5, 5.41) is 2.11. The Balaban J connectivity index is 1.40. The van der Waals surface area contributed by atoms with Crippen LogP contribution >= 0.6 is 23.1 Å². The molecule has 0 spiro atoms. The number of carbonyl (C=O) groups is 2. The fourth-order valence-electron chi connectivity index (χ4n) is 4.27. The van der Waals surface area contributed by atoms with E-state index in [0.717, 1.165) is 30.7 Å². The predicted molar refractivity (Wildman–Crippen MR) is 120 cm³/mol. The van der Waals surface area contributed by atoms with E-state index in [9.17, 15) is 9.59 Å². The van der Waals surface area contributed by atoms with Crippen LogP contribution in [0.25, 0.3) is 0 Å². The zero-order valence-electron chi connectivity index (χ0n) is 16.9. The van der Waals surface area contributed by atoms with E-state index in [4.69, 9.17) is 0 Å². The standard InChI is InChI=1S/C23H28N2O2S2/c1-24(18-7-3-2-4-8-18)22(26)16-29-21-10-6-5-9-19(21)23(27)25-13-11-20-17(15-25)12-14-28-20/h5-6,9-10,12,14,18H,2-4,7-8,11,13,15-16H2,1H3. The van der Waals surface area contributed by atoms with E-state index in [0.29, 0.717) is 23.9 Å². The third-order valence-electron chi connectivity index (χ3n) is 6.08. The van der Waals surface area contributed by atoms with Gasteiger partial charge in [0.1, 0.15) is 0 Å². The molecule has 154 valence electrons. The van der Waals surface area contributed by atoms with Crippen LogP contribution in [-0.2, 0) is 17.8 Å². The molecule has 0 saturated heterocycles. The topological polar surface area (TPSA) is 40.6 Å². The Hall–Kier alpha value is -1.79. The number of thiophene rings is 1. The molecule has 0 N–H and O–H groups in total. The fraction of sp³-hybridized carbons (Fsp3) is 0.478. The van der Waals surface area contributed by atoms with Gasteiger partial charge in [-0.1, -0.05) is 31.4 Å². The van der Waals surface area contributed by atoms with Crippen LogP contribution in [0.5, 0.6) is 0 Å². The van der Waals surface area contributed by atoms with E-state index >= 15 is 0 Å². The molecule has 1 aromatic heterocycles. The quantitative estimate of drug-likeness (QED) is 0.641. The molecule has 1 aliphatic carbocycles. The zero-order chi connectivity index (χ0) is 20.2. The molecule has 1 aromatic carbocycles. The molecule has 0 atom stereocenters. The molecule has 1 aliphatic heterocycles. The minimum absolute atomic E-state index is 0.0676. The van der Waals surface area contributed by atoms with E-state index in [-0.39, 0.29) is 11.8 Å². The van der Waals surface area contributed by atoms with Gasteiger partial charge >= 0.3 is 0 Å². The number of thioether (sulfide) groups is 1. The summed E-state index contributed by atoms with van der Waals surface area (Å²) < 4.78 is 0. The Morgan fingerprint density at radius 2 is 1.97 bits per heavy atom. The summed E-state index contributed by atoms with van der Waals surface area (Å²) in [7, 11) is 1.93. The van der Waals surface area contributed by atoms with Crippen molar-refractivity contribution >= 4 is 34.9 Å². The predicted octanol–water partition coefficient (Wildman–Crippen LogP) is 4.83. The van der Waals surface area contributed by atoms with Crippen molar-refractivity contribution in [2.45, 2.75) is 56.0 Å². The zero-order valence-corrected chi connectivity index (χ0v) is 18.6. The minimum atomic E-state index is 0.0676. The summed E-state index contributed by atoms with van der Waals surface area (Å²) in [6.07, 6.45) is 6.87. The third-order valence-corrected chi connectivity index (χ3v) is 8.16. The fourth-order valence-corrected chi connectivity index (χ4v) is 6.13. The van der Waals surface area contributed by atoms with Gasteiger partial charge in [-0.3, -0.25) is 9.59 Å². The molecular weight excluding hydrogens is 400 g/mol. The van der Waals surface area contributed by atoms with Gasteiger partial charge in [0.05, 0.1) is 11.3 Å². The molecule has 6 heteroatoms. The van der Waals surface area contributed by atoms with Gasteiger partial charge < -0.3 is 9.80 Å². The van der Waals surface area contributed by atoms with Crippen molar-refractivity contribution < 1.29 is 9.59 Å². The Morgan fingerprint density at radius 3 is 2.79 bits per heavy atom. The van der Waals surface area contributed by atoms with Crippen LogP contribution in [0.1, 0.15) is 52.9 Å². The SMILES string of the molecule is CN(C(=O)CSc1ccccc1C(=O)N1CCc2sccc2C1)C1CCCCC1. The van der Waals surface area contributed by atoms with E-state index < -0.39 is 0 Å². The highest BCUT2D eigenvalue weighted by Gasteiger charge is 2.25. The monoisotopic (exact) mass is 428 g/mol. The first-order valence-electron chi connectivity index (χ1n) is 10.5. The van der Waals surface area contributed by atoms with Crippen molar-refractivity contribution in [2.24, 2.45) is 0 Å². The first kappa shape index (κ1) is 20.5. The lowest BCUT2D eigenvalue weighted by atomic mass is 9.94. The molecule has 1 saturated carbocycles. The Kier molecular flexibility index (Phi) is 6.60. The van der Waals surface area contributed by atoms with Gasteiger partial charge in [0.15, 0.2) is 0 Å². The first-order valence-corrected chi connectivity index (χ1v) is 12.3. The number of amides is 2. The molecule has 2 aromatic rings. The number of carbonyl (C=O) groups excluding carboxylic acids is 2. The van der Waals surface area contributed by atoms with Gasteiger partial charge in [0.25, 0.3) is 5.91 Å². The van der Waals surface area contributed by atoms with Crippen molar-refractivity contribution in [3.05, 3.63) is 51.7 Å². The number of rotatable bonds is 5. The van der Waals surface area contributed by atoms with E-state index in [1.807, 2.05) is 41.1 Å². The van der Waals surface area contributed by atoms with Crippen LogP contribution < -0.4 is 0 Å². The van der Waals surface area contributed by atoms with E-state index in [1.165, 1.54) is 41.5 Å². The van der Waals surface area contributed by atoms with Crippen molar-refractivity contribution in [3.63, 3.8) is 0 Å². The number of hydrogen-bond acceptors (Lipinski definition) is 4. The highest BCUT2D eigenvalue weighted by molar-refractivity contribution is 8.00. The number of nitrogens with zero attached hydrogens (tertiary/aromatic N) is 2. The first-order chi connectivity index (χ1) is 14.1. The molecule has 2 heterocycles. The summed E-state index contributed by atoms with van der Waals surface area (Å²) >= 11 is 3.27. The van der Waals surface area contributed by atoms with Crippen molar-refractivity contribution in [2.75, 3.05) is 19.3 Å². The average molecular weight is 429 g/mol. The van der Waals surface area contributed by atoms with Gasteiger partial charge in [-0.2, -0.15) is 0 Å². The maximum absolute atomic E-state index is 13.2. The maximum Gasteiger partial charge on any atom is 0.255 e. The number of hydrogen-bond donors (Lipinski definition) is 0. The second kappa shape index (κ2) is 9.35. The Labute approximate surface area is 181 Å². The summed E-state index contributed by atoms with van der Waals surface area (Å²) in [5.41, 5.74) is 1.98. The molecule has 1 fully saturated rings. The highest BCUT2D eigenvalue weighted by Crippen LogP contribution is 2.29. The summed E-state index contributed by atoms with van der Waals surface area (Å²) in [4.78, 5) is 32.1. The van der Waals surface area contributed by atoms with Gasteiger partial charge in [-0.05, 0) is 48.4 Å². The third kappa shape index (κ3) is 4.69. The summed E-state index contributed by atoms with van der Waals surface area (Å²) in [5.74, 6) is 0.606. The summed E-state index contributed by atoms with van der Waals surface area (Å²) in [6, 6.07) is 10.2. The normalized spacial score (nSPS) is 17.1. The Morgan fingerprint density at radius 1 is 1.17 bits per heavy atom. The lowest BCUT2D eigenvalue weighted by Crippen LogP contribution is -2.39. The van der Waals surface area contributed by atoms with Gasteiger partial charge in [-0.15, -0.1) is 23.1 Å². The highest BCUT2D eigenvalue weighted by atomic mass is 32.2. The average Bonchev–Trinajstić information content (AvgIpc) is 3.25. The second-order valence-electron chi connectivity index (χ2n) is 7.93. The molecule has 2 aliphatic rings. The Bertz CT molecular complexity index is 873. The van der Waals surface area contributed by atoms with Crippen molar-refractivity contribution in [3.8, 4) is 0 Å². The molecular formula is C23H28N2O2S2. The van der Waals surface area contributed by atoms with Crippen LogP contribution in [0.4, 0.5) is 0 Å². The van der Waals surface area contributed by atoms with Gasteiger partial charge in [0.2, 0.25) is 5.91 Å². The van der Waals surface area contributed by atoms with Crippen LogP contribution in [-0.4, -0.2) is 47.0 Å². The smallest absolute Gasteiger partial charge is 0.255 e. The van der Waals surface area contributed by atoms with E-state index in [2.05, 4.69) is 11.4 Å².